The Labute approximate surface area is 107 Å². The van der Waals surface area contributed by atoms with Gasteiger partial charge in [-0.2, -0.15) is 0 Å². The van der Waals surface area contributed by atoms with Gasteiger partial charge in [0, 0.05) is 6.54 Å². The molecule has 1 aliphatic rings. The number of nitrogens with zero attached hydrogens (tertiary/aromatic N) is 4. The second kappa shape index (κ2) is 5.02. The molecule has 1 unspecified atom stereocenters. The van der Waals surface area contributed by atoms with Gasteiger partial charge in [0.1, 0.15) is 12.4 Å². The van der Waals surface area contributed by atoms with Crippen LogP contribution in [0.5, 0.6) is 0 Å². The van der Waals surface area contributed by atoms with Crippen LogP contribution in [0.2, 0.25) is 0 Å². The van der Waals surface area contributed by atoms with Crippen molar-refractivity contribution in [3.8, 4) is 0 Å². The van der Waals surface area contributed by atoms with Crippen molar-refractivity contribution in [2.45, 2.75) is 6.04 Å². The summed E-state index contributed by atoms with van der Waals surface area (Å²) in [5.41, 5.74) is 10.3. The Morgan fingerprint density at radius 3 is 2.95 bits per heavy atom. The zero-order valence-electron chi connectivity index (χ0n) is 9.85. The number of primary amides is 1. The molecule has 102 valence electrons. The fourth-order valence-corrected chi connectivity index (χ4v) is 1.86. The predicted molar refractivity (Wildman–Crippen MR) is 64.2 cm³/mol. The topological polar surface area (TPSA) is 151 Å². The van der Waals surface area contributed by atoms with E-state index in [9.17, 15) is 14.9 Å². The molecule has 1 atom stereocenters. The van der Waals surface area contributed by atoms with E-state index in [-0.39, 0.29) is 24.8 Å². The maximum Gasteiger partial charge on any atom is 0.353 e. The molecule has 1 aliphatic heterocycles. The average Bonchev–Trinajstić information content (AvgIpc) is 2.37. The first-order valence-electron chi connectivity index (χ1n) is 5.41. The van der Waals surface area contributed by atoms with Crippen LogP contribution >= 0.6 is 0 Å². The lowest BCUT2D eigenvalue weighted by atomic mass is 10.2. The molecule has 0 spiro atoms. The number of hydrogen-bond donors (Lipinski definition) is 2. The van der Waals surface area contributed by atoms with Crippen LogP contribution in [0.4, 0.5) is 17.3 Å². The molecule has 2 rings (SSSR count). The molecule has 10 nitrogen and oxygen atoms in total. The summed E-state index contributed by atoms with van der Waals surface area (Å²) in [6.45, 7) is 0.617. The molecule has 0 aromatic carbocycles. The zero-order chi connectivity index (χ0) is 14.0. The molecule has 0 saturated carbocycles. The van der Waals surface area contributed by atoms with Crippen molar-refractivity contribution in [2.75, 3.05) is 30.4 Å². The van der Waals surface area contributed by atoms with Crippen molar-refractivity contribution in [3.05, 3.63) is 16.4 Å². The summed E-state index contributed by atoms with van der Waals surface area (Å²) in [4.78, 5) is 30.6. The number of amides is 1. The average molecular weight is 268 g/mol. The van der Waals surface area contributed by atoms with Gasteiger partial charge in [0.25, 0.3) is 0 Å². The van der Waals surface area contributed by atoms with Crippen molar-refractivity contribution in [1.29, 1.82) is 0 Å². The molecule has 10 heteroatoms. The van der Waals surface area contributed by atoms with Gasteiger partial charge in [-0.05, 0) is 0 Å². The van der Waals surface area contributed by atoms with E-state index in [2.05, 4.69) is 9.97 Å². The standard InChI is InChI=1S/C9H12N6O4/c10-7-6(15(17)18)9(13-4-12-7)14-1-2-19-3-5(14)8(11)16/h4-5H,1-3H2,(H2,11,16)(H2,10,12,13). The van der Waals surface area contributed by atoms with E-state index in [1.54, 1.807) is 0 Å². The fourth-order valence-electron chi connectivity index (χ4n) is 1.86. The molecule has 0 aliphatic carbocycles. The van der Waals surface area contributed by atoms with Crippen LogP contribution in [0.15, 0.2) is 6.33 Å². The highest BCUT2D eigenvalue weighted by Gasteiger charge is 2.34. The number of hydrogen-bond acceptors (Lipinski definition) is 8. The zero-order valence-corrected chi connectivity index (χ0v) is 9.85. The summed E-state index contributed by atoms with van der Waals surface area (Å²) in [6.07, 6.45) is 1.10. The number of nitrogens with two attached hydrogens (primary N) is 2. The summed E-state index contributed by atoms with van der Waals surface area (Å²) in [5.74, 6) is -0.930. The van der Waals surface area contributed by atoms with Gasteiger partial charge in [-0.1, -0.05) is 0 Å². The molecular weight excluding hydrogens is 256 g/mol. The Morgan fingerprint density at radius 1 is 1.58 bits per heavy atom. The number of nitrogen functional groups attached to an aromatic ring is 1. The van der Waals surface area contributed by atoms with E-state index in [0.29, 0.717) is 6.61 Å². The molecular formula is C9H12N6O4. The number of rotatable bonds is 3. The third-order valence-corrected chi connectivity index (χ3v) is 2.74. The fraction of sp³-hybridized carbons (Fsp3) is 0.444. The monoisotopic (exact) mass is 268 g/mol. The highest BCUT2D eigenvalue weighted by Crippen LogP contribution is 2.31. The Morgan fingerprint density at radius 2 is 2.32 bits per heavy atom. The van der Waals surface area contributed by atoms with E-state index < -0.39 is 22.6 Å². The molecule has 2 heterocycles. The maximum atomic E-state index is 11.4. The van der Waals surface area contributed by atoms with Crippen molar-refractivity contribution < 1.29 is 14.5 Å². The number of nitro groups is 1. The quantitative estimate of drug-likeness (QED) is 0.504. The van der Waals surface area contributed by atoms with Crippen LogP contribution < -0.4 is 16.4 Å². The lowest BCUT2D eigenvalue weighted by Gasteiger charge is -2.33. The molecule has 1 amide bonds. The van der Waals surface area contributed by atoms with Gasteiger partial charge >= 0.3 is 5.69 Å². The van der Waals surface area contributed by atoms with Gasteiger partial charge in [-0.15, -0.1) is 0 Å². The van der Waals surface area contributed by atoms with Crippen molar-refractivity contribution in [1.82, 2.24) is 9.97 Å². The molecule has 19 heavy (non-hydrogen) atoms. The van der Waals surface area contributed by atoms with Gasteiger partial charge < -0.3 is 21.1 Å². The second-order valence-electron chi connectivity index (χ2n) is 3.87. The molecule has 1 fully saturated rings. The Balaban J connectivity index is 2.47. The summed E-state index contributed by atoms with van der Waals surface area (Å²) in [7, 11) is 0. The number of carbonyl (C=O) groups is 1. The van der Waals surface area contributed by atoms with Crippen LogP contribution in [0, 0.1) is 10.1 Å². The minimum absolute atomic E-state index is 0.0235. The lowest BCUT2D eigenvalue weighted by molar-refractivity contribution is -0.383. The first kappa shape index (κ1) is 13.0. The third kappa shape index (κ3) is 2.38. The smallest absolute Gasteiger partial charge is 0.353 e. The highest BCUT2D eigenvalue weighted by molar-refractivity contribution is 5.85. The van der Waals surface area contributed by atoms with Crippen LogP contribution in [0.25, 0.3) is 0 Å². The second-order valence-corrected chi connectivity index (χ2v) is 3.87. The molecule has 4 N–H and O–H groups in total. The molecule has 1 aromatic heterocycles. The lowest BCUT2D eigenvalue weighted by Crippen LogP contribution is -2.53. The highest BCUT2D eigenvalue weighted by atomic mass is 16.6. The largest absolute Gasteiger partial charge is 0.378 e. The third-order valence-electron chi connectivity index (χ3n) is 2.74. The Bertz CT molecular complexity index is 521. The van der Waals surface area contributed by atoms with Gasteiger partial charge in [0.05, 0.1) is 18.1 Å². The summed E-state index contributed by atoms with van der Waals surface area (Å²) in [5, 5.41) is 11.0. The molecule has 0 radical (unpaired) electrons. The van der Waals surface area contributed by atoms with E-state index >= 15 is 0 Å². The Hall–Kier alpha value is -2.49. The van der Waals surface area contributed by atoms with E-state index in [0.717, 1.165) is 6.33 Å². The van der Waals surface area contributed by atoms with E-state index in [4.69, 9.17) is 16.2 Å². The van der Waals surface area contributed by atoms with Gasteiger partial charge in [-0.25, -0.2) is 9.97 Å². The molecule has 1 saturated heterocycles. The molecule has 0 bridgehead atoms. The predicted octanol–water partition coefficient (Wildman–Crippen LogP) is -1.34. The van der Waals surface area contributed by atoms with Crippen LogP contribution in [-0.4, -0.2) is 46.6 Å². The minimum atomic E-state index is -0.818. The summed E-state index contributed by atoms with van der Waals surface area (Å²) < 4.78 is 5.14. The van der Waals surface area contributed by atoms with E-state index in [1.165, 1.54) is 4.90 Å². The van der Waals surface area contributed by atoms with Gasteiger partial charge in [-0.3, -0.25) is 14.9 Å². The first-order chi connectivity index (χ1) is 9.02. The van der Waals surface area contributed by atoms with Gasteiger partial charge in [0.15, 0.2) is 0 Å². The normalized spacial score (nSPS) is 19.2. The van der Waals surface area contributed by atoms with Crippen molar-refractivity contribution in [3.63, 3.8) is 0 Å². The van der Waals surface area contributed by atoms with E-state index in [1.807, 2.05) is 0 Å². The van der Waals surface area contributed by atoms with Gasteiger partial charge in [0.2, 0.25) is 17.5 Å². The number of anilines is 2. The number of ether oxygens (including phenoxy) is 1. The number of carbonyl (C=O) groups excluding carboxylic acids is 1. The molecule has 1 aromatic rings. The van der Waals surface area contributed by atoms with Crippen LogP contribution in [0.3, 0.4) is 0 Å². The summed E-state index contributed by atoms with van der Waals surface area (Å²) >= 11 is 0. The maximum absolute atomic E-state index is 11.4. The number of morpholine rings is 1. The van der Waals surface area contributed by atoms with Crippen LogP contribution in [0.1, 0.15) is 0 Å². The SMILES string of the molecule is NC(=O)C1COCCN1c1ncnc(N)c1[N+](=O)[O-]. The van der Waals surface area contributed by atoms with Crippen LogP contribution in [-0.2, 0) is 9.53 Å². The van der Waals surface area contributed by atoms with Crippen molar-refractivity contribution in [2.24, 2.45) is 5.73 Å². The number of aromatic nitrogens is 2. The summed E-state index contributed by atoms with van der Waals surface area (Å²) in [6, 6.07) is -0.818. The Kier molecular flexibility index (Phi) is 3.42. The minimum Gasteiger partial charge on any atom is -0.378 e. The first-order valence-corrected chi connectivity index (χ1v) is 5.41. The van der Waals surface area contributed by atoms with Crippen molar-refractivity contribution >= 4 is 23.2 Å².